The highest BCUT2D eigenvalue weighted by molar-refractivity contribution is 4.83. The minimum atomic E-state index is -0.132. The van der Waals surface area contributed by atoms with Crippen LogP contribution in [0.1, 0.15) is 19.4 Å². The van der Waals surface area contributed by atoms with E-state index in [0.717, 1.165) is 19.5 Å². The Labute approximate surface area is 95.8 Å². The second kappa shape index (κ2) is 5.98. The Balaban J connectivity index is 1.95. The summed E-state index contributed by atoms with van der Waals surface area (Å²) in [5.74, 6) is 0. The molecular formula is C11H19N3O2. The third-order valence-electron chi connectivity index (χ3n) is 2.74. The van der Waals surface area contributed by atoms with E-state index in [9.17, 15) is 0 Å². The first kappa shape index (κ1) is 11.6. The van der Waals surface area contributed by atoms with Crippen LogP contribution in [0.15, 0.2) is 18.7 Å². The van der Waals surface area contributed by atoms with Gasteiger partial charge in [0, 0.05) is 12.4 Å². The Hall–Kier alpha value is -0.910. The molecule has 1 fully saturated rings. The number of ether oxygens (including phenoxy) is 2. The highest BCUT2D eigenvalue weighted by Crippen LogP contribution is 2.22. The van der Waals surface area contributed by atoms with Crippen molar-refractivity contribution >= 4 is 0 Å². The molecule has 0 bridgehead atoms. The van der Waals surface area contributed by atoms with Gasteiger partial charge in [-0.1, -0.05) is 6.92 Å². The van der Waals surface area contributed by atoms with Crippen molar-refractivity contribution in [2.45, 2.75) is 25.7 Å². The van der Waals surface area contributed by atoms with Gasteiger partial charge in [-0.2, -0.15) is 0 Å². The van der Waals surface area contributed by atoms with E-state index in [1.54, 1.807) is 6.20 Å². The predicted molar refractivity (Wildman–Crippen MR) is 60.1 cm³/mol. The highest BCUT2D eigenvalue weighted by Gasteiger charge is 2.27. The molecule has 1 aromatic heterocycles. The molecule has 0 amide bonds. The first-order chi connectivity index (χ1) is 7.92. The summed E-state index contributed by atoms with van der Waals surface area (Å²) in [5, 5.41) is 3.32. The van der Waals surface area contributed by atoms with E-state index in [0.29, 0.717) is 13.2 Å². The second-order valence-electron chi connectivity index (χ2n) is 3.83. The maximum absolute atomic E-state index is 5.57. The Kier molecular flexibility index (Phi) is 4.33. The van der Waals surface area contributed by atoms with Crippen molar-refractivity contribution in [2.24, 2.45) is 0 Å². The molecule has 0 aliphatic carbocycles. The lowest BCUT2D eigenvalue weighted by molar-refractivity contribution is -0.0797. The van der Waals surface area contributed by atoms with Gasteiger partial charge in [0.15, 0.2) is 6.29 Å². The zero-order valence-electron chi connectivity index (χ0n) is 9.63. The summed E-state index contributed by atoms with van der Waals surface area (Å²) >= 11 is 0. The number of rotatable bonds is 6. The molecule has 0 spiro atoms. The van der Waals surface area contributed by atoms with Crippen LogP contribution >= 0.6 is 0 Å². The van der Waals surface area contributed by atoms with Crippen molar-refractivity contribution in [3.8, 4) is 0 Å². The van der Waals surface area contributed by atoms with E-state index in [4.69, 9.17) is 9.47 Å². The predicted octanol–water partition coefficient (Wildman–Crippen LogP) is 0.797. The molecule has 0 saturated carbocycles. The second-order valence-corrected chi connectivity index (χ2v) is 3.83. The van der Waals surface area contributed by atoms with E-state index in [2.05, 4.69) is 21.8 Å². The van der Waals surface area contributed by atoms with Crippen molar-refractivity contribution in [3.63, 3.8) is 0 Å². The van der Waals surface area contributed by atoms with E-state index in [1.165, 1.54) is 0 Å². The molecule has 1 N–H and O–H groups in total. The van der Waals surface area contributed by atoms with E-state index < -0.39 is 0 Å². The normalized spacial score (nSPS) is 19.1. The topological polar surface area (TPSA) is 48.3 Å². The number of imidazole rings is 1. The fraction of sp³-hybridized carbons (Fsp3) is 0.727. The molecule has 1 unspecified atom stereocenters. The molecule has 0 radical (unpaired) electrons. The number of hydrogen-bond donors (Lipinski definition) is 1. The largest absolute Gasteiger partial charge is 0.348 e. The Morgan fingerprint density at radius 1 is 1.50 bits per heavy atom. The van der Waals surface area contributed by atoms with Gasteiger partial charge < -0.3 is 19.4 Å². The fourth-order valence-corrected chi connectivity index (χ4v) is 1.92. The quantitative estimate of drug-likeness (QED) is 0.727. The number of aromatic nitrogens is 2. The number of nitrogens with zero attached hydrogens (tertiary/aromatic N) is 2. The van der Waals surface area contributed by atoms with E-state index >= 15 is 0 Å². The highest BCUT2D eigenvalue weighted by atomic mass is 16.7. The van der Waals surface area contributed by atoms with Gasteiger partial charge >= 0.3 is 0 Å². The third kappa shape index (κ3) is 2.81. The molecule has 0 aromatic carbocycles. The maximum Gasteiger partial charge on any atom is 0.178 e. The molecule has 2 rings (SSSR count). The lowest BCUT2D eigenvalue weighted by atomic mass is 10.2. The Morgan fingerprint density at radius 2 is 2.31 bits per heavy atom. The summed E-state index contributed by atoms with van der Waals surface area (Å²) in [4.78, 5) is 4.07. The Morgan fingerprint density at radius 3 is 2.94 bits per heavy atom. The Bertz CT molecular complexity index is 283. The van der Waals surface area contributed by atoms with E-state index in [-0.39, 0.29) is 12.3 Å². The number of hydrogen-bond acceptors (Lipinski definition) is 4. The molecule has 2 heterocycles. The lowest BCUT2D eigenvalue weighted by Gasteiger charge is -2.23. The average Bonchev–Trinajstić information content (AvgIpc) is 2.97. The van der Waals surface area contributed by atoms with Crippen molar-refractivity contribution < 1.29 is 9.47 Å². The van der Waals surface area contributed by atoms with Crippen LogP contribution in [-0.2, 0) is 9.47 Å². The molecule has 5 nitrogen and oxygen atoms in total. The van der Waals surface area contributed by atoms with Crippen molar-refractivity contribution in [1.29, 1.82) is 0 Å². The van der Waals surface area contributed by atoms with Crippen LogP contribution in [-0.4, -0.2) is 42.1 Å². The molecule has 1 aliphatic heterocycles. The molecule has 1 aliphatic rings. The van der Waals surface area contributed by atoms with Gasteiger partial charge in [0.1, 0.15) is 0 Å². The zero-order valence-corrected chi connectivity index (χ0v) is 9.63. The fourth-order valence-electron chi connectivity index (χ4n) is 1.92. The van der Waals surface area contributed by atoms with Crippen molar-refractivity contribution in [2.75, 3.05) is 26.3 Å². The molecule has 16 heavy (non-hydrogen) atoms. The van der Waals surface area contributed by atoms with Crippen LogP contribution in [0.4, 0.5) is 0 Å². The van der Waals surface area contributed by atoms with Crippen LogP contribution < -0.4 is 5.32 Å². The smallest absolute Gasteiger partial charge is 0.178 e. The summed E-state index contributed by atoms with van der Waals surface area (Å²) < 4.78 is 13.2. The van der Waals surface area contributed by atoms with Crippen LogP contribution in [0.25, 0.3) is 0 Å². The molecular weight excluding hydrogens is 206 g/mol. The van der Waals surface area contributed by atoms with Crippen LogP contribution in [0, 0.1) is 0 Å². The third-order valence-corrected chi connectivity index (χ3v) is 2.74. The number of nitrogens with one attached hydrogen (secondary N) is 1. The molecule has 1 saturated heterocycles. The van der Waals surface area contributed by atoms with Crippen molar-refractivity contribution in [1.82, 2.24) is 14.9 Å². The molecule has 1 aromatic rings. The van der Waals surface area contributed by atoms with Gasteiger partial charge in [-0.05, 0) is 19.5 Å². The van der Waals surface area contributed by atoms with Crippen LogP contribution in [0.2, 0.25) is 0 Å². The van der Waals surface area contributed by atoms with Gasteiger partial charge in [0.25, 0.3) is 0 Å². The first-order valence-electron chi connectivity index (χ1n) is 5.83. The van der Waals surface area contributed by atoms with Crippen molar-refractivity contribution in [3.05, 3.63) is 18.7 Å². The minimum Gasteiger partial charge on any atom is -0.348 e. The van der Waals surface area contributed by atoms with Gasteiger partial charge in [-0.25, -0.2) is 4.98 Å². The summed E-state index contributed by atoms with van der Waals surface area (Å²) in [6.45, 7) is 5.44. The average molecular weight is 225 g/mol. The van der Waals surface area contributed by atoms with Gasteiger partial charge in [0.2, 0.25) is 0 Å². The zero-order chi connectivity index (χ0) is 11.2. The molecule has 5 heteroatoms. The summed E-state index contributed by atoms with van der Waals surface area (Å²) in [7, 11) is 0. The summed E-state index contributed by atoms with van der Waals surface area (Å²) in [6, 6.07) is 0.212. The van der Waals surface area contributed by atoms with Crippen LogP contribution in [0.5, 0.6) is 0 Å². The van der Waals surface area contributed by atoms with Crippen LogP contribution in [0.3, 0.4) is 0 Å². The standard InChI is InChI=1S/C11H19N3O2/c1-2-12-4-3-10(11-15-7-8-16-11)14-6-5-13-9-14/h5-6,9-12H,2-4,7-8H2,1H3. The van der Waals surface area contributed by atoms with Gasteiger partial charge in [0.05, 0.1) is 25.6 Å². The van der Waals surface area contributed by atoms with Gasteiger partial charge in [-0.15, -0.1) is 0 Å². The molecule has 1 atom stereocenters. The monoisotopic (exact) mass is 225 g/mol. The van der Waals surface area contributed by atoms with Gasteiger partial charge in [-0.3, -0.25) is 0 Å². The van der Waals surface area contributed by atoms with E-state index in [1.807, 2.05) is 12.5 Å². The SMILES string of the molecule is CCNCCC(C1OCCO1)n1ccnc1. The maximum atomic E-state index is 5.57. The minimum absolute atomic E-state index is 0.132. The summed E-state index contributed by atoms with van der Waals surface area (Å²) in [6.07, 6.45) is 6.42. The lowest BCUT2D eigenvalue weighted by Crippen LogP contribution is -2.28. The first-order valence-corrected chi connectivity index (χ1v) is 5.83. The summed E-state index contributed by atoms with van der Waals surface area (Å²) in [5.41, 5.74) is 0. The molecule has 90 valence electrons.